The van der Waals surface area contributed by atoms with Crippen LogP contribution >= 0.6 is 24.0 Å². The van der Waals surface area contributed by atoms with Crippen LogP contribution in [0.2, 0.25) is 0 Å². The van der Waals surface area contributed by atoms with Crippen LogP contribution in [0.25, 0.3) is 0 Å². The third kappa shape index (κ3) is 10.0. The number of halogens is 1. The van der Waals surface area contributed by atoms with E-state index in [-0.39, 0.29) is 30.1 Å². The number of aliphatic imine (C=N–C) groups is 1. The lowest BCUT2D eigenvalue weighted by Gasteiger charge is -2.29. The van der Waals surface area contributed by atoms with Gasteiger partial charge in [-0.1, -0.05) is 13.8 Å². The van der Waals surface area contributed by atoms with Crippen molar-refractivity contribution in [2.45, 2.75) is 46.3 Å². The minimum absolute atomic E-state index is 0. The first-order chi connectivity index (χ1) is 11.1. The zero-order valence-corrected chi connectivity index (χ0v) is 18.3. The molecular weight excluding hydrogens is 419 g/mol. The number of guanidine groups is 1. The van der Waals surface area contributed by atoms with Gasteiger partial charge >= 0.3 is 0 Å². The van der Waals surface area contributed by atoms with E-state index in [1.807, 2.05) is 0 Å². The number of nitrogens with one attached hydrogen (secondary N) is 2. The summed E-state index contributed by atoms with van der Waals surface area (Å²) in [6.45, 7) is 14.5. The van der Waals surface area contributed by atoms with E-state index < -0.39 is 0 Å². The van der Waals surface area contributed by atoms with Gasteiger partial charge in [-0.3, -0.25) is 4.99 Å². The second-order valence-electron chi connectivity index (χ2n) is 6.43. The molecule has 0 spiro atoms. The first kappa shape index (κ1) is 23.9. The summed E-state index contributed by atoms with van der Waals surface area (Å²) < 4.78 is 11.5. The van der Waals surface area contributed by atoms with E-state index in [1.165, 1.54) is 0 Å². The van der Waals surface area contributed by atoms with Gasteiger partial charge in [0, 0.05) is 32.8 Å². The molecule has 0 aromatic heterocycles. The maximum Gasteiger partial charge on any atom is 0.191 e. The lowest BCUT2D eigenvalue weighted by atomic mass is 10.0. The summed E-state index contributed by atoms with van der Waals surface area (Å²) in [4.78, 5) is 6.95. The zero-order chi connectivity index (χ0) is 17.1. The largest absolute Gasteiger partial charge is 0.378 e. The van der Waals surface area contributed by atoms with Crippen LogP contribution in [0.5, 0.6) is 0 Å². The van der Waals surface area contributed by atoms with Crippen molar-refractivity contribution < 1.29 is 9.47 Å². The summed E-state index contributed by atoms with van der Waals surface area (Å²) in [7, 11) is 2.13. The highest BCUT2D eigenvalue weighted by atomic mass is 127. The predicted molar refractivity (Wildman–Crippen MR) is 112 cm³/mol. The van der Waals surface area contributed by atoms with E-state index in [1.54, 1.807) is 0 Å². The summed E-state index contributed by atoms with van der Waals surface area (Å²) in [6.07, 6.45) is 1.47. The lowest BCUT2D eigenvalue weighted by Crippen LogP contribution is -2.43. The molecule has 1 heterocycles. The predicted octanol–water partition coefficient (Wildman–Crippen LogP) is 1.94. The maximum absolute atomic E-state index is 5.79. The van der Waals surface area contributed by atoms with Gasteiger partial charge in [0.1, 0.15) is 0 Å². The van der Waals surface area contributed by atoms with E-state index in [0.717, 1.165) is 51.8 Å². The molecular formula is C17H37IN4O2. The van der Waals surface area contributed by atoms with Gasteiger partial charge in [0.05, 0.1) is 25.4 Å². The first-order valence-corrected chi connectivity index (χ1v) is 9.00. The summed E-state index contributed by atoms with van der Waals surface area (Å²) in [6, 6.07) is 0. The lowest BCUT2D eigenvalue weighted by molar-refractivity contribution is -0.0136. The molecule has 0 aliphatic carbocycles. The van der Waals surface area contributed by atoms with Crippen LogP contribution in [0.4, 0.5) is 0 Å². The van der Waals surface area contributed by atoms with Gasteiger partial charge in [-0.15, -0.1) is 24.0 Å². The molecule has 0 aromatic carbocycles. The molecule has 0 amide bonds. The highest BCUT2D eigenvalue weighted by molar-refractivity contribution is 14.0. The van der Waals surface area contributed by atoms with Crippen molar-refractivity contribution >= 4 is 29.9 Å². The Morgan fingerprint density at radius 3 is 2.67 bits per heavy atom. The topological polar surface area (TPSA) is 58.1 Å². The number of nitrogens with zero attached hydrogens (tertiary/aromatic N) is 2. The first-order valence-electron chi connectivity index (χ1n) is 9.00. The van der Waals surface area contributed by atoms with Crippen LogP contribution in [-0.4, -0.2) is 76.1 Å². The quantitative estimate of drug-likeness (QED) is 0.316. The third-order valence-corrected chi connectivity index (χ3v) is 3.98. The number of ether oxygens (including phenoxy) is 2. The smallest absolute Gasteiger partial charge is 0.191 e. The molecule has 1 aliphatic rings. The number of hydrogen-bond acceptors (Lipinski definition) is 4. The molecule has 1 fully saturated rings. The number of morpholine rings is 1. The molecule has 2 unspecified atom stereocenters. The fourth-order valence-electron chi connectivity index (χ4n) is 2.67. The Labute approximate surface area is 165 Å². The molecule has 0 saturated carbocycles. The number of hydrogen-bond donors (Lipinski definition) is 2. The molecule has 0 bridgehead atoms. The van der Waals surface area contributed by atoms with Crippen molar-refractivity contribution in [2.24, 2.45) is 10.9 Å². The molecule has 1 aliphatic heterocycles. The van der Waals surface area contributed by atoms with E-state index in [9.17, 15) is 0 Å². The molecule has 0 radical (unpaired) electrons. The second kappa shape index (κ2) is 14.1. The van der Waals surface area contributed by atoms with Gasteiger partial charge in [0.2, 0.25) is 0 Å². The van der Waals surface area contributed by atoms with Gasteiger partial charge < -0.3 is 25.0 Å². The second-order valence-corrected chi connectivity index (χ2v) is 6.43. The van der Waals surface area contributed by atoms with Gasteiger partial charge in [0.25, 0.3) is 0 Å². The minimum Gasteiger partial charge on any atom is -0.378 e. The van der Waals surface area contributed by atoms with Crippen LogP contribution in [0, 0.1) is 5.92 Å². The highest BCUT2D eigenvalue weighted by Crippen LogP contribution is 2.10. The Morgan fingerprint density at radius 1 is 1.33 bits per heavy atom. The molecule has 2 N–H and O–H groups in total. The fourth-order valence-corrected chi connectivity index (χ4v) is 2.67. The van der Waals surface area contributed by atoms with Crippen molar-refractivity contribution in [2.75, 3.05) is 53.0 Å². The van der Waals surface area contributed by atoms with Crippen LogP contribution in [-0.2, 0) is 9.47 Å². The normalized spacial score (nSPS) is 20.6. The summed E-state index contributed by atoms with van der Waals surface area (Å²) in [5, 5.41) is 6.70. The third-order valence-electron chi connectivity index (χ3n) is 3.98. The Bertz CT molecular complexity index is 343. The van der Waals surface area contributed by atoms with Crippen molar-refractivity contribution in [1.29, 1.82) is 0 Å². The zero-order valence-electron chi connectivity index (χ0n) is 16.0. The van der Waals surface area contributed by atoms with Crippen molar-refractivity contribution in [1.82, 2.24) is 15.5 Å². The van der Waals surface area contributed by atoms with E-state index >= 15 is 0 Å². The van der Waals surface area contributed by atoms with Crippen LogP contribution in [0.1, 0.15) is 34.1 Å². The van der Waals surface area contributed by atoms with Crippen molar-refractivity contribution in [3.8, 4) is 0 Å². The average Bonchev–Trinajstić information content (AvgIpc) is 2.51. The van der Waals surface area contributed by atoms with Gasteiger partial charge in [-0.05, 0) is 33.2 Å². The molecule has 2 atom stereocenters. The maximum atomic E-state index is 5.79. The van der Waals surface area contributed by atoms with Gasteiger partial charge in [-0.25, -0.2) is 0 Å². The Kier molecular flexibility index (Phi) is 14.0. The molecule has 7 heteroatoms. The van der Waals surface area contributed by atoms with Crippen molar-refractivity contribution in [3.63, 3.8) is 0 Å². The summed E-state index contributed by atoms with van der Waals surface area (Å²) >= 11 is 0. The van der Waals surface area contributed by atoms with Gasteiger partial charge in [-0.2, -0.15) is 0 Å². The molecule has 24 heavy (non-hydrogen) atoms. The molecule has 144 valence electrons. The Balaban J connectivity index is 0.00000529. The van der Waals surface area contributed by atoms with E-state index in [2.05, 4.69) is 55.3 Å². The standard InChI is InChI=1S/C17H36N4O2.HI/c1-6-18-17(19-9-8-16(14(3)4)22-7-2)20-12-15-13-21(5)10-11-23-15;/h14-16H,6-13H2,1-5H3,(H2,18,19,20);1H. The summed E-state index contributed by atoms with van der Waals surface area (Å²) in [5.41, 5.74) is 0. The Morgan fingerprint density at radius 2 is 2.08 bits per heavy atom. The van der Waals surface area contributed by atoms with Crippen molar-refractivity contribution in [3.05, 3.63) is 0 Å². The highest BCUT2D eigenvalue weighted by Gasteiger charge is 2.17. The SMILES string of the molecule is CCNC(=NCC1CN(C)CCO1)NCCC(OCC)C(C)C.I. The minimum atomic E-state index is 0. The van der Waals surface area contributed by atoms with Gasteiger partial charge in [0.15, 0.2) is 5.96 Å². The monoisotopic (exact) mass is 456 g/mol. The number of rotatable bonds is 9. The number of likely N-dealkylation sites (N-methyl/N-ethyl adjacent to an activating group) is 1. The van der Waals surface area contributed by atoms with E-state index in [0.29, 0.717) is 18.6 Å². The molecule has 1 rings (SSSR count). The fraction of sp³-hybridized carbons (Fsp3) is 0.941. The summed E-state index contributed by atoms with van der Waals surface area (Å²) in [5.74, 6) is 1.39. The molecule has 1 saturated heterocycles. The Hall–Kier alpha value is -0.120. The molecule has 6 nitrogen and oxygen atoms in total. The van der Waals surface area contributed by atoms with Crippen LogP contribution < -0.4 is 10.6 Å². The van der Waals surface area contributed by atoms with Crippen LogP contribution in [0.15, 0.2) is 4.99 Å². The van der Waals surface area contributed by atoms with Crippen LogP contribution in [0.3, 0.4) is 0 Å². The molecule has 0 aromatic rings. The van der Waals surface area contributed by atoms with E-state index in [4.69, 9.17) is 9.47 Å². The average molecular weight is 456 g/mol.